The maximum atomic E-state index is 12.6. The van der Waals surface area contributed by atoms with E-state index in [1.165, 1.54) is 11.8 Å². The summed E-state index contributed by atoms with van der Waals surface area (Å²) in [6.45, 7) is 2.93. The van der Waals surface area contributed by atoms with E-state index in [-0.39, 0.29) is 5.43 Å². The summed E-state index contributed by atoms with van der Waals surface area (Å²) in [5.74, 6) is 0. The molecule has 0 aliphatic heterocycles. The van der Waals surface area contributed by atoms with Gasteiger partial charge in [-0.1, -0.05) is 39.8 Å². The number of hydrogen-bond donors (Lipinski definition) is 0. The molecule has 3 aromatic rings. The van der Waals surface area contributed by atoms with Crippen LogP contribution in [-0.4, -0.2) is 4.57 Å². The van der Waals surface area contributed by atoms with Gasteiger partial charge in [-0.05, 0) is 43.3 Å². The first-order chi connectivity index (χ1) is 10.2. The van der Waals surface area contributed by atoms with Crippen molar-refractivity contribution in [2.24, 2.45) is 0 Å². The van der Waals surface area contributed by atoms with E-state index < -0.39 is 0 Å². The van der Waals surface area contributed by atoms with Gasteiger partial charge in [0.05, 0.1) is 10.4 Å². The van der Waals surface area contributed by atoms with Gasteiger partial charge in [0.15, 0.2) is 0 Å². The summed E-state index contributed by atoms with van der Waals surface area (Å²) < 4.78 is 3.16. The van der Waals surface area contributed by atoms with Gasteiger partial charge in [-0.3, -0.25) is 4.79 Å². The van der Waals surface area contributed by atoms with Crippen LogP contribution in [0.5, 0.6) is 0 Å². The summed E-state index contributed by atoms with van der Waals surface area (Å²) in [5.41, 5.74) is 1.09. The number of fused-ring (bicyclic) bond motifs is 1. The highest BCUT2D eigenvalue weighted by Crippen LogP contribution is 2.27. The zero-order chi connectivity index (χ0) is 14.8. The SMILES string of the molecule is CCn1cc(Sc2ccc(Br)cc2)c(=O)c2ccccc21. The molecular weight excluding hydrogens is 346 g/mol. The van der Waals surface area contributed by atoms with E-state index in [9.17, 15) is 4.79 Å². The minimum absolute atomic E-state index is 0.100. The molecule has 0 aliphatic rings. The molecule has 0 saturated heterocycles. The predicted octanol–water partition coefficient (Wildman–Crippen LogP) is 4.94. The Labute approximate surface area is 135 Å². The van der Waals surface area contributed by atoms with E-state index in [0.717, 1.165) is 31.7 Å². The van der Waals surface area contributed by atoms with Crippen molar-refractivity contribution in [1.82, 2.24) is 4.57 Å². The number of rotatable bonds is 3. The van der Waals surface area contributed by atoms with Gasteiger partial charge < -0.3 is 4.57 Å². The highest BCUT2D eigenvalue weighted by molar-refractivity contribution is 9.10. The lowest BCUT2D eigenvalue weighted by molar-refractivity contribution is 0.775. The topological polar surface area (TPSA) is 22.0 Å². The van der Waals surface area contributed by atoms with E-state index in [1.54, 1.807) is 0 Å². The van der Waals surface area contributed by atoms with Crippen LogP contribution in [0.25, 0.3) is 10.9 Å². The van der Waals surface area contributed by atoms with Crippen LogP contribution in [0, 0.1) is 0 Å². The smallest absolute Gasteiger partial charge is 0.203 e. The van der Waals surface area contributed by atoms with E-state index in [2.05, 4.69) is 27.4 Å². The van der Waals surface area contributed by atoms with E-state index in [4.69, 9.17) is 0 Å². The fourth-order valence-corrected chi connectivity index (χ4v) is 3.46. The van der Waals surface area contributed by atoms with Crippen molar-refractivity contribution in [2.75, 3.05) is 0 Å². The van der Waals surface area contributed by atoms with Gasteiger partial charge in [-0.15, -0.1) is 0 Å². The molecule has 0 atom stereocenters. The van der Waals surface area contributed by atoms with Crippen LogP contribution < -0.4 is 5.43 Å². The first kappa shape index (κ1) is 14.4. The molecule has 0 radical (unpaired) electrons. The van der Waals surface area contributed by atoms with Crippen molar-refractivity contribution in [3.05, 3.63) is 69.4 Å². The molecule has 1 aromatic heterocycles. The summed E-state index contributed by atoms with van der Waals surface area (Å²) in [4.78, 5) is 14.4. The lowest BCUT2D eigenvalue weighted by atomic mass is 10.2. The van der Waals surface area contributed by atoms with Crippen molar-refractivity contribution >= 4 is 38.6 Å². The van der Waals surface area contributed by atoms with Gasteiger partial charge in [-0.25, -0.2) is 0 Å². The van der Waals surface area contributed by atoms with Crippen LogP contribution in [0.15, 0.2) is 73.8 Å². The maximum absolute atomic E-state index is 12.6. The number of aromatic nitrogens is 1. The van der Waals surface area contributed by atoms with Crippen molar-refractivity contribution < 1.29 is 0 Å². The molecule has 0 fully saturated rings. The Kier molecular flexibility index (Phi) is 4.17. The average Bonchev–Trinajstić information content (AvgIpc) is 2.52. The van der Waals surface area contributed by atoms with Crippen LogP contribution in [0.4, 0.5) is 0 Å². The number of para-hydroxylation sites is 1. The van der Waals surface area contributed by atoms with Crippen LogP contribution in [0.2, 0.25) is 0 Å². The van der Waals surface area contributed by atoms with Crippen LogP contribution >= 0.6 is 27.7 Å². The highest BCUT2D eigenvalue weighted by atomic mass is 79.9. The van der Waals surface area contributed by atoms with Gasteiger partial charge in [0, 0.05) is 27.5 Å². The average molecular weight is 360 g/mol. The molecule has 0 aliphatic carbocycles. The molecule has 0 amide bonds. The number of aryl methyl sites for hydroxylation is 1. The summed E-state index contributed by atoms with van der Waals surface area (Å²) in [5, 5.41) is 0.779. The number of halogens is 1. The minimum atomic E-state index is 0.100. The first-order valence-electron chi connectivity index (χ1n) is 6.74. The minimum Gasteiger partial charge on any atom is -0.346 e. The molecule has 1 heterocycles. The van der Waals surface area contributed by atoms with Gasteiger partial charge >= 0.3 is 0 Å². The third-order valence-electron chi connectivity index (χ3n) is 3.34. The van der Waals surface area contributed by atoms with Crippen molar-refractivity contribution in [3.8, 4) is 0 Å². The third kappa shape index (κ3) is 2.92. The number of pyridine rings is 1. The number of nitrogens with zero attached hydrogens (tertiary/aromatic N) is 1. The summed E-state index contributed by atoms with van der Waals surface area (Å²) in [6, 6.07) is 15.8. The largest absolute Gasteiger partial charge is 0.346 e. The van der Waals surface area contributed by atoms with Crippen molar-refractivity contribution in [1.29, 1.82) is 0 Å². The molecule has 0 bridgehead atoms. The molecule has 0 spiro atoms. The van der Waals surface area contributed by atoms with Crippen molar-refractivity contribution in [2.45, 2.75) is 23.3 Å². The van der Waals surface area contributed by atoms with Crippen LogP contribution in [-0.2, 0) is 6.54 Å². The predicted molar refractivity (Wildman–Crippen MR) is 92.1 cm³/mol. The Morgan fingerprint density at radius 2 is 1.81 bits per heavy atom. The van der Waals surface area contributed by atoms with Crippen LogP contribution in [0.3, 0.4) is 0 Å². The Bertz CT molecular complexity index is 840. The molecule has 2 nitrogen and oxygen atoms in total. The Morgan fingerprint density at radius 3 is 2.52 bits per heavy atom. The molecule has 3 rings (SSSR count). The second-order valence-electron chi connectivity index (χ2n) is 4.68. The molecule has 0 saturated carbocycles. The maximum Gasteiger partial charge on any atom is 0.203 e. The van der Waals surface area contributed by atoms with E-state index in [1.807, 2.05) is 54.7 Å². The second-order valence-corrected chi connectivity index (χ2v) is 6.71. The van der Waals surface area contributed by atoms with Crippen molar-refractivity contribution in [3.63, 3.8) is 0 Å². The normalized spacial score (nSPS) is 11.0. The quantitative estimate of drug-likeness (QED) is 0.660. The Hall–Kier alpha value is -1.52. The monoisotopic (exact) mass is 359 g/mol. The Morgan fingerprint density at radius 1 is 1.10 bits per heavy atom. The summed E-state index contributed by atoms with van der Waals surface area (Å²) in [6.07, 6.45) is 1.96. The number of hydrogen-bond acceptors (Lipinski definition) is 2. The van der Waals surface area contributed by atoms with E-state index >= 15 is 0 Å². The van der Waals surface area contributed by atoms with Crippen LogP contribution in [0.1, 0.15) is 6.92 Å². The van der Waals surface area contributed by atoms with Gasteiger partial charge in [0.1, 0.15) is 0 Å². The molecule has 2 aromatic carbocycles. The van der Waals surface area contributed by atoms with Gasteiger partial charge in [0.25, 0.3) is 0 Å². The molecule has 21 heavy (non-hydrogen) atoms. The van der Waals surface area contributed by atoms with Gasteiger partial charge in [0.2, 0.25) is 5.43 Å². The fourth-order valence-electron chi connectivity index (χ4n) is 2.28. The zero-order valence-corrected chi connectivity index (χ0v) is 13.9. The standard InChI is InChI=1S/C17H14BrNOS/c1-2-19-11-16(21-13-9-7-12(18)8-10-13)17(20)14-5-3-4-6-15(14)19/h3-11H,2H2,1H3. The Balaban J connectivity index is 2.12. The zero-order valence-electron chi connectivity index (χ0n) is 11.5. The third-order valence-corrected chi connectivity index (χ3v) is 4.88. The fraction of sp³-hybridized carbons (Fsp3) is 0.118. The lowest BCUT2D eigenvalue weighted by Crippen LogP contribution is -2.10. The lowest BCUT2D eigenvalue weighted by Gasteiger charge is -2.11. The van der Waals surface area contributed by atoms with Gasteiger partial charge in [-0.2, -0.15) is 0 Å². The molecule has 106 valence electrons. The number of benzene rings is 2. The van der Waals surface area contributed by atoms with E-state index in [0.29, 0.717) is 0 Å². The summed E-state index contributed by atoms with van der Waals surface area (Å²) in [7, 11) is 0. The molecule has 4 heteroatoms. The molecule has 0 unspecified atom stereocenters. The highest BCUT2D eigenvalue weighted by Gasteiger charge is 2.09. The second kappa shape index (κ2) is 6.08. The summed E-state index contributed by atoms with van der Waals surface area (Å²) >= 11 is 4.94. The first-order valence-corrected chi connectivity index (χ1v) is 8.35. The molecule has 0 N–H and O–H groups in total. The molecular formula is C17H14BrNOS.